The summed E-state index contributed by atoms with van der Waals surface area (Å²) < 4.78 is 31.8. The van der Waals surface area contributed by atoms with Crippen molar-refractivity contribution in [2.75, 3.05) is 0 Å². The van der Waals surface area contributed by atoms with E-state index in [2.05, 4.69) is 41.9 Å². The number of amides is 1. The predicted octanol–water partition coefficient (Wildman–Crippen LogP) is 3.29. The lowest BCUT2D eigenvalue weighted by Gasteiger charge is -2.12. The number of carbonyl (C=O) groups excluding carboxylic acids is 1. The van der Waals surface area contributed by atoms with Gasteiger partial charge < -0.3 is 14.6 Å². The van der Waals surface area contributed by atoms with Gasteiger partial charge in [0, 0.05) is 33.3 Å². The molecule has 5 nitrogen and oxygen atoms in total. The Hall–Kier alpha value is -1.74. The molecule has 2 rings (SSSR count). The molecular weight excluding hydrogens is 454 g/mol. The largest absolute Gasteiger partial charge is 0.434 e. The molecule has 2 aromatic rings. The number of rotatable bonds is 6. The number of nitrogens with one attached hydrogen (secondary N) is 1. The van der Waals surface area contributed by atoms with Gasteiger partial charge in [-0.3, -0.25) is 9.59 Å². The minimum absolute atomic E-state index is 0.0108. The molecule has 1 N–H and O–H groups in total. The molecule has 24 heavy (non-hydrogen) atoms. The third-order valence-electron chi connectivity index (χ3n) is 2.98. The molecule has 0 aliphatic rings. The summed E-state index contributed by atoms with van der Waals surface area (Å²) in [5.74, 6) is -0.453. The molecule has 0 saturated carbocycles. The van der Waals surface area contributed by atoms with Gasteiger partial charge in [-0.25, -0.2) is 0 Å². The Bertz CT molecular complexity index is 797. The number of hydrogen-bond donors (Lipinski definition) is 1. The summed E-state index contributed by atoms with van der Waals surface area (Å²) in [6.45, 7) is -3.15. The van der Waals surface area contributed by atoms with Gasteiger partial charge in [0.15, 0.2) is 0 Å². The van der Waals surface area contributed by atoms with Gasteiger partial charge in [-0.15, -0.1) is 0 Å². The monoisotopic (exact) mass is 464 g/mol. The molecule has 0 fully saturated rings. The first-order valence-electron chi connectivity index (χ1n) is 6.71. The molecule has 0 unspecified atom stereocenters. The van der Waals surface area contributed by atoms with Gasteiger partial charge in [-0.1, -0.05) is 15.9 Å². The van der Waals surface area contributed by atoms with Crippen LogP contribution in [0.3, 0.4) is 0 Å². The van der Waals surface area contributed by atoms with Crippen molar-refractivity contribution < 1.29 is 18.3 Å². The first kappa shape index (κ1) is 18.6. The highest BCUT2D eigenvalue weighted by molar-refractivity contribution is 9.10. The lowest BCUT2D eigenvalue weighted by Crippen LogP contribution is -2.31. The summed E-state index contributed by atoms with van der Waals surface area (Å²) >= 11 is 6.45. The Kier molecular flexibility index (Phi) is 6.50. The maximum Gasteiger partial charge on any atom is 0.387 e. The molecule has 0 bridgehead atoms. The molecular formula is C15H12Br2F2N2O3. The fourth-order valence-corrected chi connectivity index (χ4v) is 2.72. The van der Waals surface area contributed by atoms with E-state index in [1.165, 1.54) is 22.9 Å². The summed E-state index contributed by atoms with van der Waals surface area (Å²) in [6.07, 6.45) is 1.49. The first-order chi connectivity index (χ1) is 11.3. The van der Waals surface area contributed by atoms with E-state index in [1.807, 2.05) is 0 Å². The van der Waals surface area contributed by atoms with Crippen molar-refractivity contribution in [3.05, 3.63) is 61.4 Å². The van der Waals surface area contributed by atoms with E-state index in [0.29, 0.717) is 14.5 Å². The van der Waals surface area contributed by atoms with Crippen molar-refractivity contribution >= 4 is 37.8 Å². The number of ether oxygens (including phenoxy) is 1. The van der Waals surface area contributed by atoms with E-state index in [9.17, 15) is 18.4 Å². The maximum absolute atomic E-state index is 12.4. The Morgan fingerprint density at radius 3 is 2.62 bits per heavy atom. The zero-order chi connectivity index (χ0) is 17.7. The summed E-state index contributed by atoms with van der Waals surface area (Å²) in [5.41, 5.74) is 0.0668. The lowest BCUT2D eigenvalue weighted by molar-refractivity contribution is -0.121. The zero-order valence-corrected chi connectivity index (χ0v) is 15.3. The zero-order valence-electron chi connectivity index (χ0n) is 12.1. The van der Waals surface area contributed by atoms with Crippen LogP contribution in [0.15, 0.2) is 50.3 Å². The SMILES string of the molecule is O=C(Cn1cc(Br)ccc1=O)NCc1cc(Br)ccc1OC(F)F. The highest BCUT2D eigenvalue weighted by Crippen LogP contribution is 2.24. The molecule has 1 amide bonds. The Morgan fingerprint density at radius 2 is 1.92 bits per heavy atom. The van der Waals surface area contributed by atoms with Crippen molar-refractivity contribution in [2.45, 2.75) is 19.7 Å². The van der Waals surface area contributed by atoms with Crippen LogP contribution in [0.25, 0.3) is 0 Å². The number of nitrogens with zero attached hydrogens (tertiary/aromatic N) is 1. The van der Waals surface area contributed by atoms with E-state index < -0.39 is 12.5 Å². The van der Waals surface area contributed by atoms with Crippen LogP contribution in [0, 0.1) is 0 Å². The van der Waals surface area contributed by atoms with Crippen LogP contribution < -0.4 is 15.6 Å². The molecule has 1 aromatic carbocycles. The van der Waals surface area contributed by atoms with Crippen molar-refractivity contribution in [3.8, 4) is 5.75 Å². The topological polar surface area (TPSA) is 60.3 Å². The number of alkyl halides is 2. The second-order valence-electron chi connectivity index (χ2n) is 4.72. The molecule has 0 spiro atoms. The average Bonchev–Trinajstić information content (AvgIpc) is 2.51. The summed E-state index contributed by atoms with van der Waals surface area (Å²) in [4.78, 5) is 23.6. The predicted molar refractivity (Wildman–Crippen MR) is 91.0 cm³/mol. The summed E-state index contributed by atoms with van der Waals surface area (Å²) in [6, 6.07) is 7.43. The molecule has 0 aliphatic carbocycles. The van der Waals surface area contributed by atoms with Crippen LogP contribution >= 0.6 is 31.9 Å². The fraction of sp³-hybridized carbons (Fsp3) is 0.200. The van der Waals surface area contributed by atoms with Gasteiger partial charge in [-0.2, -0.15) is 8.78 Å². The number of aromatic nitrogens is 1. The molecule has 9 heteroatoms. The standard InChI is InChI=1S/C15H12Br2F2N2O3/c16-10-1-3-12(24-15(18)19)9(5-10)6-20-13(22)8-21-7-11(17)2-4-14(21)23/h1-5,7,15H,6,8H2,(H,20,22). The number of pyridine rings is 1. The van der Waals surface area contributed by atoms with Gasteiger partial charge in [0.05, 0.1) is 0 Å². The molecule has 1 aromatic heterocycles. The van der Waals surface area contributed by atoms with E-state index in [4.69, 9.17) is 0 Å². The smallest absolute Gasteiger partial charge is 0.387 e. The number of carbonyl (C=O) groups is 1. The van der Waals surface area contributed by atoms with Crippen LogP contribution in [-0.4, -0.2) is 17.1 Å². The number of halogens is 4. The van der Waals surface area contributed by atoms with Crippen molar-refractivity contribution in [3.63, 3.8) is 0 Å². The second-order valence-corrected chi connectivity index (χ2v) is 6.55. The highest BCUT2D eigenvalue weighted by atomic mass is 79.9. The molecule has 1 heterocycles. The van der Waals surface area contributed by atoms with Gasteiger partial charge in [-0.05, 0) is 40.2 Å². The quantitative estimate of drug-likeness (QED) is 0.712. The summed E-state index contributed by atoms with van der Waals surface area (Å²) in [5, 5.41) is 2.58. The third kappa shape index (κ3) is 5.41. The number of benzene rings is 1. The van der Waals surface area contributed by atoms with Gasteiger partial charge in [0.25, 0.3) is 5.56 Å². The van der Waals surface area contributed by atoms with E-state index in [0.717, 1.165) is 0 Å². The molecule has 128 valence electrons. The third-order valence-corrected chi connectivity index (χ3v) is 3.94. The maximum atomic E-state index is 12.4. The van der Waals surface area contributed by atoms with E-state index in [1.54, 1.807) is 18.2 Å². The van der Waals surface area contributed by atoms with Gasteiger partial charge >= 0.3 is 6.61 Å². The highest BCUT2D eigenvalue weighted by Gasteiger charge is 2.12. The van der Waals surface area contributed by atoms with Crippen LogP contribution in [-0.2, 0) is 17.9 Å². The average molecular weight is 466 g/mol. The minimum Gasteiger partial charge on any atom is -0.434 e. The Labute approximate surface area is 152 Å². The molecule has 0 aliphatic heterocycles. The fourth-order valence-electron chi connectivity index (χ4n) is 1.93. The van der Waals surface area contributed by atoms with Crippen LogP contribution in [0.1, 0.15) is 5.56 Å². The summed E-state index contributed by atoms with van der Waals surface area (Å²) in [7, 11) is 0. The molecule has 0 saturated heterocycles. The Balaban J connectivity index is 2.05. The van der Waals surface area contributed by atoms with Crippen molar-refractivity contribution in [1.29, 1.82) is 0 Å². The van der Waals surface area contributed by atoms with Crippen LogP contribution in [0.5, 0.6) is 5.75 Å². The minimum atomic E-state index is -2.96. The number of hydrogen-bond acceptors (Lipinski definition) is 3. The van der Waals surface area contributed by atoms with E-state index >= 15 is 0 Å². The van der Waals surface area contributed by atoms with Gasteiger partial charge in [0.1, 0.15) is 12.3 Å². The van der Waals surface area contributed by atoms with Crippen molar-refractivity contribution in [2.24, 2.45) is 0 Å². The molecule has 0 radical (unpaired) electrons. The lowest BCUT2D eigenvalue weighted by atomic mass is 10.2. The molecule has 0 atom stereocenters. The van der Waals surface area contributed by atoms with Gasteiger partial charge in [0.2, 0.25) is 5.91 Å². The van der Waals surface area contributed by atoms with Crippen LogP contribution in [0.2, 0.25) is 0 Å². The second kappa shape index (κ2) is 8.39. The first-order valence-corrected chi connectivity index (χ1v) is 8.29. The van der Waals surface area contributed by atoms with E-state index in [-0.39, 0.29) is 24.4 Å². The van der Waals surface area contributed by atoms with Crippen LogP contribution in [0.4, 0.5) is 8.78 Å². The normalized spacial score (nSPS) is 10.7. The Morgan fingerprint density at radius 1 is 1.21 bits per heavy atom. The van der Waals surface area contributed by atoms with Crippen molar-refractivity contribution in [1.82, 2.24) is 9.88 Å².